The molecule has 37 heavy (non-hydrogen) atoms. The Morgan fingerprint density at radius 3 is 1.62 bits per heavy atom. The highest BCUT2D eigenvalue weighted by Gasteiger charge is 2.55. The van der Waals surface area contributed by atoms with Crippen molar-refractivity contribution < 1.29 is 38.1 Å². The van der Waals surface area contributed by atoms with Crippen LogP contribution in [0.1, 0.15) is 39.5 Å². The van der Waals surface area contributed by atoms with Gasteiger partial charge in [0.2, 0.25) is 0 Å². The largest absolute Gasteiger partial charge is 0.462 e. The van der Waals surface area contributed by atoms with E-state index in [1.165, 1.54) is 14.2 Å². The van der Waals surface area contributed by atoms with Gasteiger partial charge in [-0.1, -0.05) is 13.8 Å². The zero-order chi connectivity index (χ0) is 26.8. The van der Waals surface area contributed by atoms with E-state index in [0.717, 1.165) is 51.9 Å². The molecule has 6 aliphatic rings. The lowest BCUT2D eigenvalue weighted by Gasteiger charge is -2.52. The summed E-state index contributed by atoms with van der Waals surface area (Å²) < 4.78 is 21.9. The number of nitrogens with zero attached hydrogens (tertiary/aromatic N) is 2. The van der Waals surface area contributed by atoms with E-state index in [9.17, 15) is 19.2 Å². The summed E-state index contributed by atoms with van der Waals surface area (Å²) in [6.45, 7) is 6.61. The standard InChI is InChI=1S/C26H41N3O8/c1-17(2)20(23(32)36-15-25(13-34-3)21(30)18-5-9-28(25)10-6-18)27-24(33)37-16-26(14-35-4)22(31)19-7-11-29(26)12-8-19/h17-20H,5-16H2,1-4H3,(H,27,33)/t20-,25+,26+/m0/s1. The highest BCUT2D eigenvalue weighted by atomic mass is 16.6. The van der Waals surface area contributed by atoms with Gasteiger partial charge in [0.25, 0.3) is 0 Å². The molecule has 0 unspecified atom stereocenters. The number of piperidine rings is 6. The van der Waals surface area contributed by atoms with Crippen LogP contribution in [0.2, 0.25) is 0 Å². The maximum absolute atomic E-state index is 13.1. The van der Waals surface area contributed by atoms with E-state index in [-0.39, 0.29) is 55.7 Å². The molecular formula is C26H41N3O8. The summed E-state index contributed by atoms with van der Waals surface area (Å²) in [5.74, 6) is -0.913. The van der Waals surface area contributed by atoms with Crippen molar-refractivity contribution in [3.8, 4) is 0 Å². The molecule has 1 N–H and O–H groups in total. The van der Waals surface area contributed by atoms with Crippen LogP contribution >= 0.6 is 0 Å². The minimum absolute atomic E-state index is 0.0409. The highest BCUT2D eigenvalue weighted by Crippen LogP contribution is 2.38. The normalized spacial score (nSPS) is 35.5. The first-order valence-corrected chi connectivity index (χ1v) is 13.3. The highest BCUT2D eigenvalue weighted by molar-refractivity contribution is 5.93. The molecule has 1 amide bonds. The first kappa shape index (κ1) is 27.9. The summed E-state index contributed by atoms with van der Waals surface area (Å²) in [5.41, 5.74) is -1.99. The fraction of sp³-hybridized carbons (Fsp3) is 0.846. The Labute approximate surface area is 218 Å². The topological polar surface area (TPSA) is 124 Å². The number of hydrogen-bond acceptors (Lipinski definition) is 10. The molecule has 4 bridgehead atoms. The third kappa shape index (κ3) is 5.15. The van der Waals surface area contributed by atoms with Gasteiger partial charge in [0.1, 0.15) is 30.3 Å². The van der Waals surface area contributed by atoms with Crippen LogP contribution in [-0.2, 0) is 33.3 Å². The minimum atomic E-state index is -0.997. The van der Waals surface area contributed by atoms with Crippen molar-refractivity contribution in [3.05, 3.63) is 0 Å². The molecule has 0 aromatic rings. The van der Waals surface area contributed by atoms with E-state index in [4.69, 9.17) is 18.9 Å². The van der Waals surface area contributed by atoms with Gasteiger partial charge >= 0.3 is 12.1 Å². The van der Waals surface area contributed by atoms with Crippen LogP contribution in [0, 0.1) is 17.8 Å². The molecule has 0 aromatic carbocycles. The summed E-state index contributed by atoms with van der Waals surface area (Å²) >= 11 is 0. The van der Waals surface area contributed by atoms with Crippen LogP contribution in [0.4, 0.5) is 4.79 Å². The van der Waals surface area contributed by atoms with E-state index in [1.54, 1.807) is 13.8 Å². The molecule has 6 fully saturated rings. The lowest BCUT2D eigenvalue weighted by atomic mass is 9.74. The number of methoxy groups -OCH3 is 2. The molecule has 0 saturated carbocycles. The number of esters is 1. The van der Waals surface area contributed by atoms with Gasteiger partial charge in [0.05, 0.1) is 13.2 Å². The zero-order valence-electron chi connectivity index (χ0n) is 22.5. The van der Waals surface area contributed by atoms with E-state index >= 15 is 0 Å². The van der Waals surface area contributed by atoms with Crippen LogP contribution in [0.5, 0.6) is 0 Å². The SMILES string of the molecule is COC[C@@]1(COC(=O)N[C@H](C(=O)OC[C@]2(COC)C(=O)C3CCN2CC3)C(C)C)C(=O)C2CCN1CC2. The number of amides is 1. The summed E-state index contributed by atoms with van der Waals surface area (Å²) in [6, 6.07) is -0.977. The molecule has 3 atom stereocenters. The van der Waals surface area contributed by atoms with Gasteiger partial charge in [-0.15, -0.1) is 0 Å². The number of ketones is 2. The number of hydrogen-bond donors (Lipinski definition) is 1. The molecule has 11 heteroatoms. The molecule has 6 saturated heterocycles. The summed E-state index contributed by atoms with van der Waals surface area (Å²) in [6.07, 6.45) is 2.44. The second kappa shape index (κ2) is 11.3. The Morgan fingerprint density at radius 2 is 1.24 bits per heavy atom. The monoisotopic (exact) mass is 523 g/mol. The zero-order valence-corrected chi connectivity index (χ0v) is 22.5. The quantitative estimate of drug-likeness (QED) is 0.386. The van der Waals surface area contributed by atoms with Crippen molar-refractivity contribution in [2.45, 2.75) is 56.7 Å². The molecule has 11 nitrogen and oxygen atoms in total. The second-order valence-corrected chi connectivity index (χ2v) is 11.2. The number of Topliss-reactive ketones (excluding diaryl/α,β-unsaturated/α-hetero) is 2. The molecular weight excluding hydrogens is 482 g/mol. The Hall–Kier alpha value is -2.08. The van der Waals surface area contributed by atoms with Crippen LogP contribution in [0.15, 0.2) is 0 Å². The van der Waals surface area contributed by atoms with Gasteiger partial charge in [-0.05, 0) is 31.6 Å². The van der Waals surface area contributed by atoms with Gasteiger partial charge in [-0.2, -0.15) is 0 Å². The summed E-state index contributed by atoms with van der Waals surface area (Å²) in [7, 11) is 3.06. The lowest BCUT2D eigenvalue weighted by Crippen LogP contribution is -2.69. The minimum Gasteiger partial charge on any atom is -0.462 e. The van der Waals surface area contributed by atoms with Gasteiger partial charge in [-0.25, -0.2) is 9.59 Å². The second-order valence-electron chi connectivity index (χ2n) is 11.2. The molecule has 0 aromatic heterocycles. The van der Waals surface area contributed by atoms with E-state index < -0.39 is 29.2 Å². The van der Waals surface area contributed by atoms with Gasteiger partial charge in [0, 0.05) is 52.2 Å². The smallest absolute Gasteiger partial charge is 0.407 e. The lowest BCUT2D eigenvalue weighted by molar-refractivity contribution is -0.169. The number of carbonyl (C=O) groups excluding carboxylic acids is 4. The maximum atomic E-state index is 13.1. The summed E-state index contributed by atoms with van der Waals surface area (Å²) in [4.78, 5) is 56.2. The molecule has 208 valence electrons. The van der Waals surface area contributed by atoms with Crippen molar-refractivity contribution in [2.75, 3.05) is 66.8 Å². The third-order valence-electron chi connectivity index (χ3n) is 8.71. The van der Waals surface area contributed by atoms with Crippen LogP contribution in [-0.4, -0.2) is 117 Å². The first-order chi connectivity index (χ1) is 17.7. The Balaban J connectivity index is 1.37. The summed E-state index contributed by atoms with van der Waals surface area (Å²) in [5, 5.41) is 2.62. The number of rotatable bonds is 11. The van der Waals surface area contributed by atoms with Crippen molar-refractivity contribution >= 4 is 23.6 Å². The number of ether oxygens (including phenoxy) is 4. The molecule has 0 aliphatic carbocycles. The van der Waals surface area contributed by atoms with E-state index in [2.05, 4.69) is 10.2 Å². The van der Waals surface area contributed by atoms with Crippen molar-refractivity contribution in [1.29, 1.82) is 0 Å². The average molecular weight is 524 g/mol. The molecule has 0 spiro atoms. The third-order valence-corrected chi connectivity index (χ3v) is 8.71. The van der Waals surface area contributed by atoms with Crippen LogP contribution in [0.3, 0.4) is 0 Å². The fourth-order valence-corrected chi connectivity index (χ4v) is 6.55. The Bertz CT molecular complexity index is 881. The fourth-order valence-electron chi connectivity index (χ4n) is 6.55. The number of nitrogens with one attached hydrogen (secondary N) is 1. The molecule has 6 rings (SSSR count). The van der Waals surface area contributed by atoms with Crippen molar-refractivity contribution in [2.24, 2.45) is 17.8 Å². The predicted molar refractivity (Wildman–Crippen MR) is 132 cm³/mol. The van der Waals surface area contributed by atoms with Gasteiger partial charge in [0.15, 0.2) is 11.6 Å². The average Bonchev–Trinajstić information content (AvgIpc) is 2.90. The van der Waals surface area contributed by atoms with Crippen LogP contribution < -0.4 is 5.32 Å². The van der Waals surface area contributed by atoms with Gasteiger partial charge in [-0.3, -0.25) is 19.4 Å². The molecule has 0 radical (unpaired) electrons. The maximum Gasteiger partial charge on any atom is 0.407 e. The number of fused-ring (bicyclic) bond motifs is 6. The van der Waals surface area contributed by atoms with Crippen LogP contribution in [0.25, 0.3) is 0 Å². The number of alkyl carbamates (subject to hydrolysis) is 1. The van der Waals surface area contributed by atoms with E-state index in [0.29, 0.717) is 0 Å². The number of carbonyl (C=O) groups is 4. The molecule has 6 aliphatic heterocycles. The van der Waals surface area contributed by atoms with Crippen molar-refractivity contribution in [1.82, 2.24) is 15.1 Å². The van der Waals surface area contributed by atoms with Crippen molar-refractivity contribution in [3.63, 3.8) is 0 Å². The predicted octanol–water partition coefficient (Wildman–Crippen LogP) is 0.640. The Kier molecular flexibility index (Phi) is 8.57. The Morgan fingerprint density at radius 1 is 0.811 bits per heavy atom. The van der Waals surface area contributed by atoms with E-state index in [1.807, 2.05) is 4.90 Å². The molecule has 6 heterocycles. The van der Waals surface area contributed by atoms with Gasteiger partial charge < -0.3 is 24.3 Å². The first-order valence-electron chi connectivity index (χ1n) is 13.3.